The predicted octanol–water partition coefficient (Wildman–Crippen LogP) is 3.99. The summed E-state index contributed by atoms with van der Waals surface area (Å²) in [5, 5.41) is 9.52. The first-order valence-electron chi connectivity index (χ1n) is 9.20. The number of nitrogens with one attached hydrogen (secondary N) is 3. The van der Waals surface area contributed by atoms with E-state index in [4.69, 9.17) is 16.3 Å². The van der Waals surface area contributed by atoms with Gasteiger partial charge >= 0.3 is 0 Å². The molecule has 1 fully saturated rings. The lowest BCUT2D eigenvalue weighted by Gasteiger charge is -2.17. The fourth-order valence-electron chi connectivity index (χ4n) is 2.70. The van der Waals surface area contributed by atoms with E-state index in [1.807, 2.05) is 6.92 Å². The van der Waals surface area contributed by atoms with Gasteiger partial charge in [0.25, 0.3) is 5.91 Å². The minimum Gasteiger partial charge on any atom is -0.495 e. The van der Waals surface area contributed by atoms with E-state index in [1.165, 1.54) is 7.11 Å². The average Bonchev–Trinajstić information content (AvgIpc) is 3.48. The van der Waals surface area contributed by atoms with Gasteiger partial charge in [0.1, 0.15) is 11.8 Å². The van der Waals surface area contributed by atoms with Gasteiger partial charge in [-0.3, -0.25) is 9.59 Å². The summed E-state index contributed by atoms with van der Waals surface area (Å²) in [6.07, 6.45) is 2.10. The Morgan fingerprint density at radius 1 is 1.18 bits per heavy atom. The summed E-state index contributed by atoms with van der Waals surface area (Å²) < 4.78 is 5.29. The molecule has 0 aliphatic heterocycles. The Bertz CT molecular complexity index is 879. The maximum absolute atomic E-state index is 12.6. The third kappa shape index (κ3) is 4.95. The van der Waals surface area contributed by atoms with Crippen molar-refractivity contribution in [1.82, 2.24) is 5.32 Å². The number of carbonyl (C=O) groups is 2. The zero-order valence-corrected chi connectivity index (χ0v) is 16.9. The van der Waals surface area contributed by atoms with Gasteiger partial charge in [0.15, 0.2) is 0 Å². The molecule has 3 N–H and O–H groups in total. The standard InChI is InChI=1S/C21H24ClN3O3/c1-12-10-18(19(28-3)11-17(12)22)25-20(26)13(2)23-15-6-4-14(5-7-15)21(27)24-16-8-9-16/h4-7,10-11,13,16,23H,8-9H2,1-3H3,(H,24,27)(H,25,26). The molecule has 148 valence electrons. The lowest BCUT2D eigenvalue weighted by Crippen LogP contribution is -2.32. The second-order valence-electron chi connectivity index (χ2n) is 6.98. The Labute approximate surface area is 169 Å². The van der Waals surface area contributed by atoms with Crippen LogP contribution < -0.4 is 20.7 Å². The zero-order valence-electron chi connectivity index (χ0n) is 16.1. The summed E-state index contributed by atoms with van der Waals surface area (Å²) in [4.78, 5) is 24.6. The van der Waals surface area contributed by atoms with Crippen LogP contribution in [-0.2, 0) is 4.79 Å². The lowest BCUT2D eigenvalue weighted by molar-refractivity contribution is -0.116. The van der Waals surface area contributed by atoms with Gasteiger partial charge in [-0.2, -0.15) is 0 Å². The van der Waals surface area contributed by atoms with Crippen molar-refractivity contribution in [3.8, 4) is 5.75 Å². The van der Waals surface area contributed by atoms with Gasteiger partial charge in [0.05, 0.1) is 12.8 Å². The third-order valence-corrected chi connectivity index (χ3v) is 4.98. The van der Waals surface area contributed by atoms with E-state index in [2.05, 4.69) is 16.0 Å². The first kappa shape index (κ1) is 20.0. The van der Waals surface area contributed by atoms with Crippen molar-refractivity contribution in [2.45, 2.75) is 38.8 Å². The summed E-state index contributed by atoms with van der Waals surface area (Å²) in [7, 11) is 1.53. The van der Waals surface area contributed by atoms with Crippen LogP contribution in [0, 0.1) is 6.92 Å². The highest BCUT2D eigenvalue weighted by atomic mass is 35.5. The number of ether oxygens (including phenoxy) is 1. The number of rotatable bonds is 7. The van der Waals surface area contributed by atoms with Gasteiger partial charge in [-0.25, -0.2) is 0 Å². The largest absolute Gasteiger partial charge is 0.495 e. The highest BCUT2D eigenvalue weighted by Gasteiger charge is 2.23. The van der Waals surface area contributed by atoms with E-state index >= 15 is 0 Å². The Morgan fingerprint density at radius 3 is 2.46 bits per heavy atom. The zero-order chi connectivity index (χ0) is 20.3. The van der Waals surface area contributed by atoms with Crippen LogP contribution in [0.5, 0.6) is 5.75 Å². The normalized spacial score (nSPS) is 14.1. The van der Waals surface area contributed by atoms with Gasteiger partial charge in [0.2, 0.25) is 5.91 Å². The smallest absolute Gasteiger partial charge is 0.251 e. The third-order valence-electron chi connectivity index (χ3n) is 4.57. The van der Waals surface area contributed by atoms with Crippen LogP contribution >= 0.6 is 11.6 Å². The fourth-order valence-corrected chi connectivity index (χ4v) is 2.85. The van der Waals surface area contributed by atoms with E-state index in [1.54, 1.807) is 43.3 Å². The van der Waals surface area contributed by atoms with Crippen molar-refractivity contribution in [3.05, 3.63) is 52.5 Å². The number of halogens is 1. The molecule has 7 heteroatoms. The average molecular weight is 402 g/mol. The van der Waals surface area contributed by atoms with E-state index in [0.717, 1.165) is 24.1 Å². The van der Waals surface area contributed by atoms with Crippen LogP contribution in [-0.4, -0.2) is 31.0 Å². The minimum absolute atomic E-state index is 0.0648. The number of methoxy groups -OCH3 is 1. The molecular weight excluding hydrogens is 378 g/mol. The van der Waals surface area contributed by atoms with Crippen LogP contribution in [0.15, 0.2) is 36.4 Å². The molecule has 3 rings (SSSR count). The molecule has 28 heavy (non-hydrogen) atoms. The number of anilines is 2. The van der Waals surface area contributed by atoms with E-state index in [0.29, 0.717) is 28.1 Å². The van der Waals surface area contributed by atoms with Crippen molar-refractivity contribution in [1.29, 1.82) is 0 Å². The molecular formula is C21H24ClN3O3. The number of aryl methyl sites for hydroxylation is 1. The Morgan fingerprint density at radius 2 is 1.86 bits per heavy atom. The molecule has 0 heterocycles. The molecule has 0 bridgehead atoms. The van der Waals surface area contributed by atoms with Crippen molar-refractivity contribution in [3.63, 3.8) is 0 Å². The summed E-state index contributed by atoms with van der Waals surface area (Å²) >= 11 is 6.10. The van der Waals surface area contributed by atoms with Crippen LogP contribution in [0.1, 0.15) is 35.7 Å². The first-order chi connectivity index (χ1) is 13.4. The maximum atomic E-state index is 12.6. The second kappa shape index (κ2) is 8.52. The van der Waals surface area contributed by atoms with E-state index in [-0.39, 0.29) is 11.8 Å². The van der Waals surface area contributed by atoms with E-state index < -0.39 is 6.04 Å². The van der Waals surface area contributed by atoms with Gasteiger partial charge in [-0.05, 0) is 62.6 Å². The molecule has 1 saturated carbocycles. The van der Waals surface area contributed by atoms with Crippen molar-refractivity contribution in [2.75, 3.05) is 17.7 Å². The van der Waals surface area contributed by atoms with Gasteiger partial charge in [-0.15, -0.1) is 0 Å². The first-order valence-corrected chi connectivity index (χ1v) is 9.57. The Kier molecular flexibility index (Phi) is 6.09. The van der Waals surface area contributed by atoms with Crippen LogP contribution in [0.2, 0.25) is 5.02 Å². The molecule has 1 aliphatic rings. The van der Waals surface area contributed by atoms with Gasteiger partial charge in [0, 0.05) is 28.4 Å². The summed E-state index contributed by atoms with van der Waals surface area (Å²) in [6, 6.07) is 10.4. The van der Waals surface area contributed by atoms with Gasteiger partial charge in [-0.1, -0.05) is 11.6 Å². The Balaban J connectivity index is 1.61. The number of amides is 2. The summed E-state index contributed by atoms with van der Waals surface area (Å²) in [5.41, 5.74) is 2.77. The van der Waals surface area contributed by atoms with Gasteiger partial charge < -0.3 is 20.7 Å². The fraction of sp³-hybridized carbons (Fsp3) is 0.333. The molecule has 2 amide bonds. The molecule has 0 spiro atoms. The number of hydrogen-bond donors (Lipinski definition) is 3. The molecule has 1 aliphatic carbocycles. The van der Waals surface area contributed by atoms with Crippen LogP contribution in [0.25, 0.3) is 0 Å². The van der Waals surface area contributed by atoms with E-state index in [9.17, 15) is 9.59 Å². The summed E-state index contributed by atoms with van der Waals surface area (Å²) in [6.45, 7) is 3.62. The molecule has 1 atom stereocenters. The summed E-state index contributed by atoms with van der Waals surface area (Å²) in [5.74, 6) is 0.225. The predicted molar refractivity (Wildman–Crippen MR) is 111 cm³/mol. The minimum atomic E-state index is -0.494. The van der Waals surface area contributed by atoms with Crippen molar-refractivity contribution < 1.29 is 14.3 Å². The monoisotopic (exact) mass is 401 g/mol. The lowest BCUT2D eigenvalue weighted by atomic mass is 10.1. The van der Waals surface area contributed by atoms with Crippen molar-refractivity contribution >= 4 is 34.8 Å². The molecule has 0 aromatic heterocycles. The number of hydrogen-bond acceptors (Lipinski definition) is 4. The molecule has 1 unspecified atom stereocenters. The SMILES string of the molecule is COc1cc(Cl)c(C)cc1NC(=O)C(C)Nc1ccc(C(=O)NC2CC2)cc1. The van der Waals surface area contributed by atoms with Crippen LogP contribution in [0.4, 0.5) is 11.4 Å². The number of benzene rings is 2. The highest BCUT2D eigenvalue weighted by molar-refractivity contribution is 6.31. The highest BCUT2D eigenvalue weighted by Crippen LogP contribution is 2.31. The maximum Gasteiger partial charge on any atom is 0.251 e. The second-order valence-corrected chi connectivity index (χ2v) is 7.39. The topological polar surface area (TPSA) is 79.5 Å². The Hall–Kier alpha value is -2.73. The molecule has 2 aromatic carbocycles. The number of carbonyl (C=O) groups excluding carboxylic acids is 2. The van der Waals surface area contributed by atoms with Crippen molar-refractivity contribution in [2.24, 2.45) is 0 Å². The van der Waals surface area contributed by atoms with Crippen LogP contribution in [0.3, 0.4) is 0 Å². The molecule has 0 saturated heterocycles. The molecule has 6 nitrogen and oxygen atoms in total. The quantitative estimate of drug-likeness (QED) is 0.655. The molecule has 0 radical (unpaired) electrons. The molecule has 2 aromatic rings.